The summed E-state index contributed by atoms with van der Waals surface area (Å²) >= 11 is 1.76. The Labute approximate surface area is 59.4 Å². The zero-order chi connectivity index (χ0) is 6.69. The number of amides is 1. The largest absolute Gasteiger partial charge is 0.358 e. The van der Waals surface area contributed by atoms with Gasteiger partial charge in [-0.2, -0.15) is 0 Å². The van der Waals surface area contributed by atoms with E-state index in [1.807, 2.05) is 0 Å². The Kier molecular flexibility index (Phi) is 2.39. The van der Waals surface area contributed by atoms with Crippen LogP contribution in [0.5, 0.6) is 0 Å². The maximum Gasteiger partial charge on any atom is 0.232 e. The van der Waals surface area contributed by atoms with E-state index in [9.17, 15) is 4.79 Å². The van der Waals surface area contributed by atoms with Gasteiger partial charge in [0.2, 0.25) is 5.91 Å². The van der Waals surface area contributed by atoms with Crippen molar-refractivity contribution in [3.63, 3.8) is 0 Å². The van der Waals surface area contributed by atoms with E-state index in [0.717, 1.165) is 12.2 Å². The molecule has 3 heteroatoms. The molecule has 1 saturated heterocycles. The van der Waals surface area contributed by atoms with E-state index >= 15 is 0 Å². The van der Waals surface area contributed by atoms with Crippen LogP contribution < -0.4 is 5.32 Å². The number of hydrogen-bond acceptors (Lipinski definition) is 2. The maximum absolute atomic E-state index is 10.9. The van der Waals surface area contributed by atoms with Gasteiger partial charge < -0.3 is 5.32 Å². The van der Waals surface area contributed by atoms with Crippen LogP contribution in [-0.2, 0) is 4.79 Å². The summed E-state index contributed by atoms with van der Waals surface area (Å²) in [5.41, 5.74) is 0. The highest BCUT2D eigenvalue weighted by Gasteiger charge is 2.21. The van der Waals surface area contributed by atoms with Gasteiger partial charge in [-0.15, -0.1) is 11.8 Å². The molecule has 1 amide bonds. The summed E-state index contributed by atoms with van der Waals surface area (Å²) in [6.45, 7) is 0. The molecule has 52 valence electrons. The third-order valence-electron chi connectivity index (χ3n) is 1.47. The van der Waals surface area contributed by atoms with Crippen molar-refractivity contribution in [3.05, 3.63) is 0 Å². The number of thioether (sulfide) groups is 1. The van der Waals surface area contributed by atoms with Gasteiger partial charge in [0.05, 0.1) is 5.25 Å². The van der Waals surface area contributed by atoms with Crippen molar-refractivity contribution in [2.24, 2.45) is 0 Å². The summed E-state index contributed by atoms with van der Waals surface area (Å²) in [6, 6.07) is 0. The molecule has 0 radical (unpaired) electrons. The highest BCUT2D eigenvalue weighted by atomic mass is 32.2. The van der Waals surface area contributed by atoms with Crippen LogP contribution >= 0.6 is 11.8 Å². The number of hydrogen-bond donors (Lipinski definition) is 1. The molecular weight excluding hydrogens is 134 g/mol. The van der Waals surface area contributed by atoms with Crippen LogP contribution in [0, 0.1) is 0 Å². The minimum Gasteiger partial charge on any atom is -0.358 e. The number of carbonyl (C=O) groups is 1. The zero-order valence-electron chi connectivity index (χ0n) is 5.52. The topological polar surface area (TPSA) is 29.1 Å². The maximum atomic E-state index is 10.9. The average molecular weight is 145 g/mol. The van der Waals surface area contributed by atoms with Crippen LogP contribution in [0.25, 0.3) is 0 Å². The molecule has 0 spiro atoms. The lowest BCUT2D eigenvalue weighted by atomic mass is 10.2. The molecule has 1 heterocycles. The van der Waals surface area contributed by atoms with E-state index in [-0.39, 0.29) is 11.2 Å². The molecule has 0 aliphatic carbocycles. The van der Waals surface area contributed by atoms with Crippen LogP contribution in [0.4, 0.5) is 0 Å². The molecule has 1 unspecified atom stereocenters. The molecule has 0 aromatic heterocycles. The summed E-state index contributed by atoms with van der Waals surface area (Å²) < 4.78 is 0. The molecule has 1 rings (SSSR count). The first kappa shape index (κ1) is 6.93. The molecule has 0 bridgehead atoms. The summed E-state index contributed by atoms with van der Waals surface area (Å²) in [6.07, 6.45) is 2.26. The Hall–Kier alpha value is -0.180. The van der Waals surface area contributed by atoms with Crippen LogP contribution in [0.2, 0.25) is 0 Å². The third kappa shape index (κ3) is 1.61. The Balaban J connectivity index is 2.32. The monoisotopic (exact) mass is 145 g/mol. The summed E-state index contributed by atoms with van der Waals surface area (Å²) in [5.74, 6) is 1.34. The molecule has 0 saturated carbocycles. The number of nitrogens with one attached hydrogen (secondary N) is 1. The predicted octanol–water partition coefficient (Wildman–Crippen LogP) is 0.628. The third-order valence-corrected chi connectivity index (χ3v) is 2.85. The van der Waals surface area contributed by atoms with Gasteiger partial charge in [0.1, 0.15) is 0 Å². The standard InChI is InChI=1S/C6H11NOS/c1-7-6(8)5-3-2-4-9-5/h5H,2-4H2,1H3,(H,7,8). The number of carbonyl (C=O) groups excluding carboxylic acids is 1. The van der Waals surface area contributed by atoms with Crippen molar-refractivity contribution < 1.29 is 4.79 Å². The van der Waals surface area contributed by atoms with E-state index in [4.69, 9.17) is 0 Å². The molecule has 1 aliphatic rings. The molecule has 1 N–H and O–H groups in total. The van der Waals surface area contributed by atoms with E-state index < -0.39 is 0 Å². The second-order valence-electron chi connectivity index (χ2n) is 2.12. The van der Waals surface area contributed by atoms with Gasteiger partial charge in [0, 0.05) is 7.05 Å². The van der Waals surface area contributed by atoms with Crippen molar-refractivity contribution in [3.8, 4) is 0 Å². The minimum atomic E-state index is 0.192. The Bertz CT molecular complexity index is 110. The average Bonchev–Trinajstić information content (AvgIpc) is 2.37. The molecule has 1 fully saturated rings. The van der Waals surface area contributed by atoms with E-state index in [2.05, 4.69) is 5.32 Å². The molecule has 1 atom stereocenters. The van der Waals surface area contributed by atoms with Gasteiger partial charge in [-0.05, 0) is 18.6 Å². The molecule has 0 aromatic carbocycles. The van der Waals surface area contributed by atoms with Crippen molar-refractivity contribution in [1.29, 1.82) is 0 Å². The van der Waals surface area contributed by atoms with Crippen molar-refractivity contribution >= 4 is 17.7 Å². The van der Waals surface area contributed by atoms with Gasteiger partial charge in [0.25, 0.3) is 0 Å². The first-order valence-electron chi connectivity index (χ1n) is 3.18. The lowest BCUT2D eigenvalue weighted by molar-refractivity contribution is -0.120. The summed E-state index contributed by atoms with van der Waals surface area (Å²) in [5, 5.41) is 2.89. The van der Waals surface area contributed by atoms with Gasteiger partial charge in [-0.25, -0.2) is 0 Å². The fraction of sp³-hybridized carbons (Fsp3) is 0.833. The van der Waals surface area contributed by atoms with Gasteiger partial charge in [-0.3, -0.25) is 4.79 Å². The summed E-state index contributed by atoms with van der Waals surface area (Å²) in [4.78, 5) is 10.9. The first-order valence-corrected chi connectivity index (χ1v) is 4.22. The molecular formula is C6H11NOS. The second-order valence-corrected chi connectivity index (χ2v) is 3.43. The Morgan fingerprint density at radius 1 is 1.78 bits per heavy atom. The van der Waals surface area contributed by atoms with Crippen LogP contribution in [0.1, 0.15) is 12.8 Å². The van der Waals surface area contributed by atoms with Gasteiger partial charge in [0.15, 0.2) is 0 Å². The molecule has 1 aliphatic heterocycles. The van der Waals surface area contributed by atoms with Crippen molar-refractivity contribution in [2.75, 3.05) is 12.8 Å². The Morgan fingerprint density at radius 3 is 3.00 bits per heavy atom. The van der Waals surface area contributed by atoms with Gasteiger partial charge >= 0.3 is 0 Å². The molecule has 2 nitrogen and oxygen atoms in total. The van der Waals surface area contributed by atoms with Crippen molar-refractivity contribution in [2.45, 2.75) is 18.1 Å². The summed E-state index contributed by atoms with van der Waals surface area (Å²) in [7, 11) is 1.70. The minimum absolute atomic E-state index is 0.192. The lowest BCUT2D eigenvalue weighted by Gasteiger charge is -2.03. The number of rotatable bonds is 1. The quantitative estimate of drug-likeness (QED) is 0.586. The van der Waals surface area contributed by atoms with Crippen LogP contribution in [0.3, 0.4) is 0 Å². The molecule has 9 heavy (non-hydrogen) atoms. The fourth-order valence-electron chi connectivity index (χ4n) is 0.945. The fourth-order valence-corrected chi connectivity index (χ4v) is 2.17. The van der Waals surface area contributed by atoms with E-state index in [0.29, 0.717) is 0 Å². The highest BCUT2D eigenvalue weighted by molar-refractivity contribution is 8.00. The first-order chi connectivity index (χ1) is 4.34. The van der Waals surface area contributed by atoms with E-state index in [1.165, 1.54) is 6.42 Å². The highest BCUT2D eigenvalue weighted by Crippen LogP contribution is 2.25. The smallest absolute Gasteiger partial charge is 0.232 e. The van der Waals surface area contributed by atoms with Crippen LogP contribution in [-0.4, -0.2) is 24.0 Å². The van der Waals surface area contributed by atoms with Crippen LogP contribution in [0.15, 0.2) is 0 Å². The normalized spacial score (nSPS) is 26.1. The van der Waals surface area contributed by atoms with Gasteiger partial charge in [-0.1, -0.05) is 0 Å². The van der Waals surface area contributed by atoms with Crippen molar-refractivity contribution in [1.82, 2.24) is 5.32 Å². The predicted molar refractivity (Wildman–Crippen MR) is 39.5 cm³/mol. The lowest BCUT2D eigenvalue weighted by Crippen LogP contribution is -2.27. The second kappa shape index (κ2) is 3.11. The zero-order valence-corrected chi connectivity index (χ0v) is 6.33. The SMILES string of the molecule is CNC(=O)C1CCCS1. The van der Waals surface area contributed by atoms with E-state index in [1.54, 1.807) is 18.8 Å². The molecule has 0 aromatic rings. The Morgan fingerprint density at radius 2 is 2.56 bits per heavy atom.